The van der Waals surface area contributed by atoms with Gasteiger partial charge in [-0.05, 0) is 25.0 Å². The summed E-state index contributed by atoms with van der Waals surface area (Å²) in [6.45, 7) is 6.08. The van der Waals surface area contributed by atoms with Gasteiger partial charge in [0.25, 0.3) is 0 Å². The summed E-state index contributed by atoms with van der Waals surface area (Å²) in [5.74, 6) is 5.61. The third kappa shape index (κ3) is 4.56. The summed E-state index contributed by atoms with van der Waals surface area (Å²) in [4.78, 5) is 8.69. The lowest BCUT2D eigenvalue weighted by molar-refractivity contribution is 0.831. The van der Waals surface area contributed by atoms with Gasteiger partial charge in [0.1, 0.15) is 0 Å². The number of rotatable bonds is 5. The van der Waals surface area contributed by atoms with Gasteiger partial charge in [-0.15, -0.1) is 0 Å². The lowest BCUT2D eigenvalue weighted by Gasteiger charge is -2.07. The summed E-state index contributed by atoms with van der Waals surface area (Å²) >= 11 is 0. The number of pyridine rings is 1. The molecular weight excluding hydrogens is 238 g/mol. The molecule has 5 heteroatoms. The summed E-state index contributed by atoms with van der Waals surface area (Å²) in [5, 5.41) is 0. The van der Waals surface area contributed by atoms with Crippen molar-refractivity contribution < 1.29 is 0 Å². The van der Waals surface area contributed by atoms with Crippen LogP contribution in [-0.2, 0) is 0 Å². The molecule has 0 aliphatic heterocycles. The van der Waals surface area contributed by atoms with E-state index >= 15 is 0 Å². The molecule has 5 nitrogen and oxygen atoms in total. The van der Waals surface area contributed by atoms with Crippen LogP contribution in [0.25, 0.3) is 11.4 Å². The quantitative estimate of drug-likeness (QED) is 0.428. The van der Waals surface area contributed by atoms with Crippen LogP contribution < -0.4 is 17.0 Å². The van der Waals surface area contributed by atoms with Gasteiger partial charge in [0, 0.05) is 24.2 Å². The molecule has 19 heavy (non-hydrogen) atoms. The van der Waals surface area contributed by atoms with Gasteiger partial charge in [-0.3, -0.25) is 15.8 Å². The Balaban J connectivity index is 3.19. The Hall–Kier alpha value is -2.14. The summed E-state index contributed by atoms with van der Waals surface area (Å²) in [7, 11) is 0. The highest BCUT2D eigenvalue weighted by atomic mass is 15.2. The summed E-state index contributed by atoms with van der Waals surface area (Å²) in [6, 6.07) is 3.72. The number of nitrogens with two attached hydrogens (primary N) is 2. The Kier molecular flexibility index (Phi) is 5.75. The Bertz CT molecular complexity index is 500. The van der Waals surface area contributed by atoms with Gasteiger partial charge in [0.15, 0.2) is 0 Å². The van der Waals surface area contributed by atoms with E-state index in [9.17, 15) is 0 Å². The molecule has 1 aromatic rings. The van der Waals surface area contributed by atoms with E-state index in [1.807, 2.05) is 19.1 Å². The van der Waals surface area contributed by atoms with Crippen LogP contribution in [0.2, 0.25) is 0 Å². The Labute approximate surface area is 114 Å². The van der Waals surface area contributed by atoms with Gasteiger partial charge in [-0.2, -0.15) is 0 Å². The maximum absolute atomic E-state index is 5.88. The molecule has 0 atom stereocenters. The number of aliphatic imine (C=N–C) groups is 1. The molecule has 0 saturated heterocycles. The molecule has 1 aromatic heterocycles. The van der Waals surface area contributed by atoms with E-state index in [0.717, 1.165) is 17.0 Å². The second-order valence-corrected chi connectivity index (χ2v) is 4.38. The maximum Gasteiger partial charge on any atom is 0.0889 e. The minimum atomic E-state index is 0.391. The molecule has 5 N–H and O–H groups in total. The molecule has 0 spiro atoms. The fraction of sp³-hybridized carbons (Fsp3) is 0.286. The third-order valence-electron chi connectivity index (χ3n) is 2.35. The molecule has 0 bridgehead atoms. The second kappa shape index (κ2) is 7.33. The molecule has 0 aromatic carbocycles. The fourth-order valence-corrected chi connectivity index (χ4v) is 1.57. The van der Waals surface area contributed by atoms with E-state index in [4.69, 9.17) is 11.6 Å². The first-order chi connectivity index (χ1) is 9.08. The van der Waals surface area contributed by atoms with E-state index in [1.165, 1.54) is 6.20 Å². The molecule has 0 amide bonds. The predicted molar refractivity (Wildman–Crippen MR) is 80.7 cm³/mol. The minimum Gasteiger partial charge on any atom is -0.397 e. The summed E-state index contributed by atoms with van der Waals surface area (Å²) in [5.41, 5.74) is 11.3. The highest BCUT2D eigenvalue weighted by molar-refractivity contribution is 5.73. The largest absolute Gasteiger partial charge is 0.397 e. The highest BCUT2D eigenvalue weighted by Gasteiger charge is 2.05. The minimum absolute atomic E-state index is 0.391. The monoisotopic (exact) mass is 259 g/mol. The van der Waals surface area contributed by atoms with Crippen molar-refractivity contribution in [3.05, 3.63) is 41.9 Å². The lowest BCUT2D eigenvalue weighted by atomic mass is 10.1. The van der Waals surface area contributed by atoms with Gasteiger partial charge in [0.2, 0.25) is 0 Å². The molecule has 0 radical (unpaired) electrons. The van der Waals surface area contributed by atoms with Crippen LogP contribution in [0, 0.1) is 5.92 Å². The number of aromatic nitrogens is 1. The zero-order valence-corrected chi connectivity index (χ0v) is 11.6. The normalized spacial score (nSPS) is 13.3. The van der Waals surface area contributed by atoms with Crippen LogP contribution in [0.15, 0.2) is 35.6 Å². The SMILES string of the molecule is CC=N/C(=C\C(C)C)c1cc(/C(N)=C/NN)ccn1. The average molecular weight is 259 g/mol. The van der Waals surface area contributed by atoms with Crippen molar-refractivity contribution >= 4 is 17.6 Å². The number of nitrogens with zero attached hydrogens (tertiary/aromatic N) is 2. The number of hydrogen-bond donors (Lipinski definition) is 3. The van der Waals surface area contributed by atoms with Crippen LogP contribution >= 0.6 is 0 Å². The standard InChI is InChI=1S/C14H21N5/c1-4-17-13(7-10(2)3)14-8-11(5-6-18-14)12(15)9-19-16/h4-10,19H,15-16H2,1-3H3/b12-9-,13-7-,17-4?. The number of nitrogens with one attached hydrogen (secondary N) is 1. The number of allylic oxidation sites excluding steroid dienone is 1. The fourth-order valence-electron chi connectivity index (χ4n) is 1.57. The molecule has 0 aliphatic carbocycles. The van der Waals surface area contributed by atoms with Crippen LogP contribution in [0.3, 0.4) is 0 Å². The van der Waals surface area contributed by atoms with Gasteiger partial charge in [-0.25, -0.2) is 0 Å². The van der Waals surface area contributed by atoms with Gasteiger partial charge < -0.3 is 11.2 Å². The van der Waals surface area contributed by atoms with E-state index in [-0.39, 0.29) is 0 Å². The summed E-state index contributed by atoms with van der Waals surface area (Å²) in [6.07, 6.45) is 7.06. The van der Waals surface area contributed by atoms with E-state index in [1.54, 1.807) is 12.4 Å². The first-order valence-corrected chi connectivity index (χ1v) is 6.17. The molecule has 102 valence electrons. The van der Waals surface area contributed by atoms with Crippen molar-refractivity contribution in [2.24, 2.45) is 22.5 Å². The zero-order valence-electron chi connectivity index (χ0n) is 11.6. The second-order valence-electron chi connectivity index (χ2n) is 4.38. The summed E-state index contributed by atoms with van der Waals surface area (Å²) < 4.78 is 0. The lowest BCUT2D eigenvalue weighted by Crippen LogP contribution is -2.16. The maximum atomic E-state index is 5.88. The Morgan fingerprint density at radius 1 is 1.47 bits per heavy atom. The molecule has 0 saturated carbocycles. The molecule has 1 rings (SSSR count). The predicted octanol–water partition coefficient (Wildman–Crippen LogP) is 1.89. The van der Waals surface area contributed by atoms with E-state index in [0.29, 0.717) is 11.6 Å². The van der Waals surface area contributed by atoms with Gasteiger partial charge in [-0.1, -0.05) is 19.9 Å². The Morgan fingerprint density at radius 2 is 2.21 bits per heavy atom. The van der Waals surface area contributed by atoms with Crippen molar-refractivity contribution in [1.29, 1.82) is 0 Å². The topological polar surface area (TPSA) is 89.3 Å². The third-order valence-corrected chi connectivity index (χ3v) is 2.35. The van der Waals surface area contributed by atoms with Crippen molar-refractivity contribution in [2.75, 3.05) is 0 Å². The zero-order chi connectivity index (χ0) is 14.3. The Morgan fingerprint density at radius 3 is 2.79 bits per heavy atom. The van der Waals surface area contributed by atoms with E-state index < -0.39 is 0 Å². The number of hydrogen-bond acceptors (Lipinski definition) is 5. The average Bonchev–Trinajstić information content (AvgIpc) is 2.38. The van der Waals surface area contributed by atoms with Gasteiger partial charge in [0.05, 0.1) is 17.1 Å². The van der Waals surface area contributed by atoms with Crippen LogP contribution in [0.5, 0.6) is 0 Å². The van der Waals surface area contributed by atoms with Crippen molar-refractivity contribution in [3.8, 4) is 0 Å². The number of hydrazine groups is 1. The van der Waals surface area contributed by atoms with E-state index in [2.05, 4.69) is 35.3 Å². The molecule has 1 heterocycles. The smallest absolute Gasteiger partial charge is 0.0889 e. The highest BCUT2D eigenvalue weighted by Crippen LogP contribution is 2.19. The van der Waals surface area contributed by atoms with Crippen LogP contribution in [0.4, 0.5) is 0 Å². The first kappa shape index (κ1) is 14.9. The van der Waals surface area contributed by atoms with Crippen molar-refractivity contribution in [3.63, 3.8) is 0 Å². The van der Waals surface area contributed by atoms with Gasteiger partial charge >= 0.3 is 0 Å². The molecule has 0 aliphatic rings. The molecule has 0 fully saturated rings. The van der Waals surface area contributed by atoms with Crippen LogP contribution in [0.1, 0.15) is 32.0 Å². The van der Waals surface area contributed by atoms with Crippen molar-refractivity contribution in [2.45, 2.75) is 20.8 Å². The molecular formula is C14H21N5. The first-order valence-electron chi connectivity index (χ1n) is 6.17. The van der Waals surface area contributed by atoms with Crippen molar-refractivity contribution in [1.82, 2.24) is 10.4 Å². The molecule has 0 unspecified atom stereocenters. The van der Waals surface area contributed by atoms with Crippen LogP contribution in [-0.4, -0.2) is 11.2 Å².